The number of ether oxygens (including phenoxy) is 1. The molecule has 164 valence electrons. The molecule has 0 aliphatic carbocycles. The van der Waals surface area contributed by atoms with E-state index in [9.17, 15) is 4.79 Å². The maximum absolute atomic E-state index is 12.3. The number of carbonyl (C=O) groups excluding carboxylic acids is 1. The predicted octanol–water partition coefficient (Wildman–Crippen LogP) is 3.62. The fraction of sp³-hybridized carbons (Fsp3) is 0.375. The zero-order valence-electron chi connectivity index (χ0n) is 18.1. The normalized spacial score (nSPS) is 17.5. The molecule has 2 saturated heterocycles. The Labute approximate surface area is 186 Å². The van der Waals surface area contributed by atoms with Crippen LogP contribution in [-0.4, -0.2) is 51.6 Å². The van der Waals surface area contributed by atoms with Crippen molar-refractivity contribution in [3.8, 4) is 0 Å². The first-order valence-electron chi connectivity index (χ1n) is 11.1. The molecule has 0 radical (unpaired) electrons. The van der Waals surface area contributed by atoms with Gasteiger partial charge in [-0.2, -0.15) is 0 Å². The van der Waals surface area contributed by atoms with Gasteiger partial charge in [-0.1, -0.05) is 12.1 Å². The number of aryl methyl sites for hydroxylation is 1. The summed E-state index contributed by atoms with van der Waals surface area (Å²) in [6, 6.07) is 9.98. The summed E-state index contributed by atoms with van der Waals surface area (Å²) < 4.78 is 5.46. The molecule has 0 unspecified atom stereocenters. The average molecular weight is 431 g/mol. The highest BCUT2D eigenvalue weighted by molar-refractivity contribution is 5.94. The molecule has 0 bridgehead atoms. The van der Waals surface area contributed by atoms with E-state index in [1.165, 1.54) is 0 Å². The van der Waals surface area contributed by atoms with Crippen LogP contribution in [0.3, 0.4) is 0 Å². The lowest BCUT2D eigenvalue weighted by molar-refractivity contribution is -0.117. The number of anilines is 2. The number of nitrogens with zero attached hydrogens (tertiary/aromatic N) is 5. The van der Waals surface area contributed by atoms with Crippen LogP contribution in [0.25, 0.3) is 23.2 Å². The Hall–Kier alpha value is -3.39. The maximum atomic E-state index is 12.3. The van der Waals surface area contributed by atoms with Crippen molar-refractivity contribution in [3.63, 3.8) is 0 Å². The molecule has 5 rings (SSSR count). The minimum atomic E-state index is 0.104. The molecular weight excluding hydrogens is 404 g/mol. The van der Waals surface area contributed by atoms with Gasteiger partial charge in [-0.25, -0.2) is 19.9 Å². The Bertz CT molecular complexity index is 1170. The molecule has 8 nitrogen and oxygen atoms in total. The van der Waals surface area contributed by atoms with Crippen LogP contribution < -0.4 is 10.2 Å². The van der Waals surface area contributed by atoms with Gasteiger partial charge in [0.15, 0.2) is 5.82 Å². The number of rotatable bonds is 5. The van der Waals surface area contributed by atoms with E-state index in [1.54, 1.807) is 4.90 Å². The fourth-order valence-corrected chi connectivity index (χ4v) is 4.09. The largest absolute Gasteiger partial charge is 0.381 e. The summed E-state index contributed by atoms with van der Waals surface area (Å²) in [7, 11) is 0. The van der Waals surface area contributed by atoms with Crippen molar-refractivity contribution in [3.05, 3.63) is 47.5 Å². The number of hydrogen-bond donors (Lipinski definition) is 1. The second-order valence-corrected chi connectivity index (χ2v) is 8.17. The fourth-order valence-electron chi connectivity index (χ4n) is 4.09. The van der Waals surface area contributed by atoms with Gasteiger partial charge in [0, 0.05) is 38.3 Å². The Morgan fingerprint density at radius 3 is 2.59 bits per heavy atom. The molecule has 4 heterocycles. The third kappa shape index (κ3) is 4.45. The Morgan fingerprint density at radius 2 is 1.84 bits per heavy atom. The van der Waals surface area contributed by atoms with Crippen molar-refractivity contribution < 1.29 is 9.53 Å². The van der Waals surface area contributed by atoms with E-state index in [0.29, 0.717) is 30.6 Å². The van der Waals surface area contributed by atoms with E-state index in [1.807, 2.05) is 49.4 Å². The van der Waals surface area contributed by atoms with Gasteiger partial charge in [0.05, 0.1) is 22.4 Å². The van der Waals surface area contributed by atoms with Crippen molar-refractivity contribution in [2.75, 3.05) is 30.0 Å². The molecule has 3 aromatic rings. The lowest BCUT2D eigenvalue weighted by atomic mass is 10.1. The number of para-hydroxylation sites is 2. The van der Waals surface area contributed by atoms with Gasteiger partial charge in [-0.15, -0.1) is 0 Å². The van der Waals surface area contributed by atoms with E-state index in [0.717, 1.165) is 60.7 Å². The maximum Gasteiger partial charge on any atom is 0.228 e. The van der Waals surface area contributed by atoms with Crippen LogP contribution in [0.4, 0.5) is 11.6 Å². The molecule has 0 spiro atoms. The van der Waals surface area contributed by atoms with Crippen LogP contribution in [0.2, 0.25) is 0 Å². The smallest absolute Gasteiger partial charge is 0.228 e. The molecule has 2 aliphatic rings. The minimum Gasteiger partial charge on any atom is -0.381 e. The van der Waals surface area contributed by atoms with Crippen LogP contribution in [0.5, 0.6) is 0 Å². The topological polar surface area (TPSA) is 93.1 Å². The van der Waals surface area contributed by atoms with E-state index < -0.39 is 0 Å². The highest BCUT2D eigenvalue weighted by Crippen LogP contribution is 2.24. The molecule has 2 fully saturated rings. The molecule has 0 atom stereocenters. The number of nitrogens with one attached hydrogen (secondary N) is 1. The van der Waals surface area contributed by atoms with Crippen molar-refractivity contribution in [2.24, 2.45) is 0 Å². The summed E-state index contributed by atoms with van der Waals surface area (Å²) in [6.07, 6.45) is 6.99. The van der Waals surface area contributed by atoms with Crippen molar-refractivity contribution in [1.29, 1.82) is 0 Å². The zero-order valence-corrected chi connectivity index (χ0v) is 18.1. The van der Waals surface area contributed by atoms with Gasteiger partial charge in [0.25, 0.3) is 0 Å². The molecular formula is C24H26N6O2. The van der Waals surface area contributed by atoms with E-state index >= 15 is 0 Å². The van der Waals surface area contributed by atoms with Crippen LogP contribution in [-0.2, 0) is 9.53 Å². The van der Waals surface area contributed by atoms with Gasteiger partial charge in [0.2, 0.25) is 5.91 Å². The Balaban J connectivity index is 1.47. The quantitative estimate of drug-likeness (QED) is 0.661. The zero-order chi connectivity index (χ0) is 21.9. The number of hydrogen-bond acceptors (Lipinski definition) is 7. The van der Waals surface area contributed by atoms with Crippen LogP contribution in [0.15, 0.2) is 30.3 Å². The van der Waals surface area contributed by atoms with Crippen LogP contribution >= 0.6 is 0 Å². The molecule has 32 heavy (non-hydrogen) atoms. The summed E-state index contributed by atoms with van der Waals surface area (Å²) in [5, 5.41) is 3.50. The summed E-state index contributed by atoms with van der Waals surface area (Å²) in [5.41, 5.74) is 3.33. The third-order valence-electron chi connectivity index (χ3n) is 5.82. The molecule has 1 N–H and O–H groups in total. The van der Waals surface area contributed by atoms with Crippen LogP contribution in [0, 0.1) is 6.92 Å². The highest BCUT2D eigenvalue weighted by atomic mass is 16.5. The van der Waals surface area contributed by atoms with E-state index in [-0.39, 0.29) is 5.91 Å². The first-order chi connectivity index (χ1) is 15.7. The van der Waals surface area contributed by atoms with E-state index in [4.69, 9.17) is 14.7 Å². The second kappa shape index (κ2) is 9.00. The number of carbonyl (C=O) groups is 1. The number of aromatic nitrogens is 4. The van der Waals surface area contributed by atoms with Gasteiger partial charge in [-0.05, 0) is 50.5 Å². The standard InChI is InChI=1S/C24H26N6O2/c1-16-18(27-20-6-3-2-5-19(20)25-16)8-9-21-28-22(26-17-10-13-32-14-11-17)15-23(29-21)30-12-4-7-24(30)31/h2-3,5-6,8-9,15,17H,4,7,10-14H2,1H3,(H,26,28,29)/b9-8+. The first kappa shape index (κ1) is 20.5. The van der Waals surface area contributed by atoms with E-state index in [2.05, 4.69) is 15.3 Å². The summed E-state index contributed by atoms with van der Waals surface area (Å²) in [4.78, 5) is 32.8. The number of benzene rings is 1. The molecule has 2 aromatic heterocycles. The number of fused-ring (bicyclic) bond motifs is 1. The summed E-state index contributed by atoms with van der Waals surface area (Å²) in [6.45, 7) is 4.11. The number of amides is 1. The third-order valence-corrected chi connectivity index (χ3v) is 5.82. The molecule has 0 saturated carbocycles. The van der Waals surface area contributed by atoms with Crippen LogP contribution in [0.1, 0.15) is 42.9 Å². The molecule has 2 aliphatic heterocycles. The predicted molar refractivity (Wildman–Crippen MR) is 124 cm³/mol. The van der Waals surface area contributed by atoms with Gasteiger partial charge >= 0.3 is 0 Å². The molecule has 1 aromatic carbocycles. The van der Waals surface area contributed by atoms with Gasteiger partial charge in [-0.3, -0.25) is 9.69 Å². The van der Waals surface area contributed by atoms with Crippen molar-refractivity contribution in [1.82, 2.24) is 19.9 Å². The van der Waals surface area contributed by atoms with Crippen molar-refractivity contribution in [2.45, 2.75) is 38.6 Å². The first-order valence-corrected chi connectivity index (χ1v) is 11.1. The lowest BCUT2D eigenvalue weighted by Gasteiger charge is -2.24. The average Bonchev–Trinajstić information content (AvgIpc) is 3.24. The van der Waals surface area contributed by atoms with Gasteiger partial charge in [0.1, 0.15) is 11.6 Å². The minimum absolute atomic E-state index is 0.104. The molecule has 1 amide bonds. The molecule has 8 heteroatoms. The SMILES string of the molecule is Cc1nc2ccccc2nc1/C=C/c1nc(NC2CCOCC2)cc(N2CCCC2=O)n1. The second-order valence-electron chi connectivity index (χ2n) is 8.17. The Morgan fingerprint density at radius 1 is 1.06 bits per heavy atom. The highest BCUT2D eigenvalue weighted by Gasteiger charge is 2.24. The Kier molecular flexibility index (Phi) is 5.77. The van der Waals surface area contributed by atoms with Crippen molar-refractivity contribution >= 4 is 40.7 Å². The monoisotopic (exact) mass is 430 g/mol. The summed E-state index contributed by atoms with van der Waals surface area (Å²) in [5.74, 6) is 2.00. The van der Waals surface area contributed by atoms with Gasteiger partial charge < -0.3 is 10.1 Å². The summed E-state index contributed by atoms with van der Waals surface area (Å²) >= 11 is 0. The lowest BCUT2D eigenvalue weighted by Crippen LogP contribution is -2.29.